The molecular formula is C48H61N7O8. The molecule has 2 fully saturated rings. The maximum Gasteiger partial charge on any atom is 0.324 e. The molecule has 4 atom stereocenters. The normalized spacial score (nSPS) is 20.9. The van der Waals surface area contributed by atoms with E-state index in [9.17, 15) is 29.1 Å². The van der Waals surface area contributed by atoms with E-state index < -0.39 is 47.2 Å². The molecule has 7 rings (SSSR count). The first-order valence-electron chi connectivity index (χ1n) is 22.0. The predicted molar refractivity (Wildman–Crippen MR) is 238 cm³/mol. The number of hydrogen-bond acceptors (Lipinski definition) is 10. The highest BCUT2D eigenvalue weighted by atomic mass is 16.5. The quantitative estimate of drug-likeness (QED) is 0.148. The van der Waals surface area contributed by atoms with Crippen LogP contribution in [0.2, 0.25) is 0 Å². The number of amides is 4. The zero-order valence-electron chi connectivity index (χ0n) is 37.5. The van der Waals surface area contributed by atoms with E-state index in [-0.39, 0.29) is 43.7 Å². The fourth-order valence-corrected chi connectivity index (χ4v) is 9.62. The summed E-state index contributed by atoms with van der Waals surface area (Å²) in [6.07, 6.45) is 6.38. The van der Waals surface area contributed by atoms with Gasteiger partial charge in [-0.25, -0.2) is 5.43 Å². The van der Waals surface area contributed by atoms with Crippen molar-refractivity contribution in [1.29, 1.82) is 0 Å². The van der Waals surface area contributed by atoms with Crippen LogP contribution >= 0.6 is 0 Å². The van der Waals surface area contributed by atoms with Crippen molar-refractivity contribution in [3.8, 4) is 28.1 Å². The first-order chi connectivity index (χ1) is 30.1. The van der Waals surface area contributed by atoms with E-state index in [0.29, 0.717) is 50.9 Å². The molecule has 2 aromatic heterocycles. The molecule has 3 aliphatic rings. The van der Waals surface area contributed by atoms with Gasteiger partial charge in [0.2, 0.25) is 18.2 Å². The van der Waals surface area contributed by atoms with Crippen LogP contribution in [0.3, 0.4) is 0 Å². The van der Waals surface area contributed by atoms with Gasteiger partial charge < -0.3 is 34.3 Å². The molecule has 15 heteroatoms. The number of ether oxygens (including phenoxy) is 2. The van der Waals surface area contributed by atoms with Gasteiger partial charge >= 0.3 is 5.97 Å². The summed E-state index contributed by atoms with van der Waals surface area (Å²) in [6, 6.07) is 10.5. The first-order valence-corrected chi connectivity index (χ1v) is 22.0. The Labute approximate surface area is 369 Å². The summed E-state index contributed by atoms with van der Waals surface area (Å²) in [7, 11) is 3.26. The van der Waals surface area contributed by atoms with Crippen LogP contribution in [0.15, 0.2) is 54.9 Å². The largest absolute Gasteiger partial charge is 0.508 e. The van der Waals surface area contributed by atoms with Gasteiger partial charge in [-0.1, -0.05) is 39.8 Å². The number of benzene rings is 2. The number of rotatable bonds is 10. The van der Waals surface area contributed by atoms with Crippen LogP contribution in [0.1, 0.15) is 70.6 Å². The molecule has 1 unspecified atom stereocenters. The Bertz CT molecular complexity index is 2380. The lowest BCUT2D eigenvalue weighted by atomic mass is 9.84. The van der Waals surface area contributed by atoms with Crippen molar-refractivity contribution < 1.29 is 38.6 Å². The Hall–Kier alpha value is -5.80. The van der Waals surface area contributed by atoms with Crippen LogP contribution in [0.5, 0.6) is 5.75 Å². The smallest absolute Gasteiger partial charge is 0.324 e. The van der Waals surface area contributed by atoms with E-state index in [2.05, 4.69) is 53.2 Å². The third-order valence-electron chi connectivity index (χ3n) is 12.7. The summed E-state index contributed by atoms with van der Waals surface area (Å²) in [5.74, 6) is -2.48. The van der Waals surface area contributed by atoms with Gasteiger partial charge in [-0.05, 0) is 96.7 Å². The van der Waals surface area contributed by atoms with E-state index in [1.54, 1.807) is 37.4 Å². The van der Waals surface area contributed by atoms with Crippen molar-refractivity contribution in [3.63, 3.8) is 0 Å². The van der Waals surface area contributed by atoms with Gasteiger partial charge in [-0.2, -0.15) is 0 Å². The van der Waals surface area contributed by atoms with E-state index in [4.69, 9.17) is 9.47 Å². The molecule has 2 aromatic carbocycles. The number of aromatic hydroxyl groups is 1. The van der Waals surface area contributed by atoms with Crippen molar-refractivity contribution >= 4 is 41.0 Å². The molecule has 63 heavy (non-hydrogen) atoms. The zero-order chi connectivity index (χ0) is 45.2. The second kappa shape index (κ2) is 18.9. The van der Waals surface area contributed by atoms with E-state index in [1.165, 1.54) is 9.91 Å². The molecule has 5 heterocycles. The molecule has 0 aliphatic carbocycles. The topological polar surface area (TPSA) is 176 Å². The number of phenols is 1. The number of aromatic nitrogens is 2. The highest BCUT2D eigenvalue weighted by molar-refractivity contribution is 5.96. The molecule has 4 aromatic rings. The Morgan fingerprint density at radius 3 is 2.62 bits per heavy atom. The minimum absolute atomic E-state index is 0.0000107. The van der Waals surface area contributed by atoms with Crippen LogP contribution in [0.4, 0.5) is 0 Å². The van der Waals surface area contributed by atoms with Gasteiger partial charge in [0.05, 0.1) is 24.8 Å². The Morgan fingerprint density at radius 2 is 1.90 bits per heavy atom. The molecule has 336 valence electrons. The number of likely N-dealkylation sites (tertiary alicyclic amines) is 1. The molecule has 2 saturated heterocycles. The zero-order valence-corrected chi connectivity index (χ0v) is 37.5. The number of esters is 1. The van der Waals surface area contributed by atoms with Crippen molar-refractivity contribution in [2.75, 3.05) is 40.4 Å². The molecule has 0 radical (unpaired) electrons. The van der Waals surface area contributed by atoms with Crippen molar-refractivity contribution in [1.82, 2.24) is 35.1 Å². The minimum Gasteiger partial charge on any atom is -0.508 e. The average molecular weight is 864 g/mol. The average Bonchev–Trinajstić information content (AvgIpc) is 3.87. The molecule has 3 aliphatic heterocycles. The number of fused-ring (bicyclic) bond motifs is 6. The lowest BCUT2D eigenvalue weighted by molar-refractivity contribution is -0.155. The van der Waals surface area contributed by atoms with Gasteiger partial charge in [-0.15, -0.1) is 0 Å². The maximum absolute atomic E-state index is 14.6. The lowest BCUT2D eigenvalue weighted by Crippen LogP contribution is -2.62. The summed E-state index contributed by atoms with van der Waals surface area (Å²) in [4.78, 5) is 75.5. The van der Waals surface area contributed by atoms with Crippen LogP contribution in [-0.4, -0.2) is 118 Å². The molecule has 6 bridgehead atoms. The third-order valence-corrected chi connectivity index (χ3v) is 12.7. The fraction of sp³-hybridized carbons (Fsp3) is 0.500. The highest BCUT2D eigenvalue weighted by Gasteiger charge is 2.40. The maximum atomic E-state index is 14.6. The number of hydrogen-bond donors (Lipinski definition) is 3. The standard InChI is InChI=1S/C48H61N7O8/c1-8-54-41-12-11-31-22-36(41)37(43(54)38-24-49-15-13-33(38)26-62-7)23-48(4,5)27-63-47(61)39-10-9-16-55(51-39)46(60)40(20-30-18-34(31)21-35(57)19-30)50-44(58)42(29(2)3)52(6)45(59)32-14-17-53(25-32)28-56/h11-13,15,18-19,21-22,24,28-29,32,39-40,42,51,57H,8-10,14,16-17,20,23,25-27H2,1-7H3,(H,50,58)/t32-,39-,40-,42?/m0/s1. The Balaban J connectivity index is 1.32. The molecule has 0 saturated carbocycles. The second-order valence-electron chi connectivity index (χ2n) is 18.4. The molecular weight excluding hydrogens is 803 g/mol. The van der Waals surface area contributed by atoms with Crippen LogP contribution in [0.25, 0.3) is 33.3 Å². The third kappa shape index (κ3) is 9.59. The Morgan fingerprint density at radius 1 is 1.11 bits per heavy atom. The number of carbonyl (C=O) groups is 5. The Kier molecular flexibility index (Phi) is 13.6. The minimum atomic E-state index is -1.15. The number of nitrogens with one attached hydrogen (secondary N) is 2. The van der Waals surface area contributed by atoms with Gasteiger partial charge in [0.25, 0.3) is 5.91 Å². The van der Waals surface area contributed by atoms with Gasteiger partial charge in [-0.3, -0.25) is 34.0 Å². The van der Waals surface area contributed by atoms with E-state index in [0.717, 1.165) is 50.8 Å². The first kappa shape index (κ1) is 45.2. The molecule has 4 amide bonds. The number of hydrazine groups is 1. The van der Waals surface area contributed by atoms with E-state index >= 15 is 0 Å². The predicted octanol–water partition coefficient (Wildman–Crippen LogP) is 4.85. The molecule has 0 spiro atoms. The number of nitrogens with zero attached hydrogens (tertiary/aromatic N) is 5. The summed E-state index contributed by atoms with van der Waals surface area (Å²) in [5.41, 5.74) is 9.76. The molecule has 3 N–H and O–H groups in total. The van der Waals surface area contributed by atoms with Gasteiger partial charge in [0.1, 0.15) is 23.9 Å². The van der Waals surface area contributed by atoms with Crippen LogP contribution in [0, 0.1) is 17.3 Å². The number of aryl methyl sites for hydroxylation is 1. The van der Waals surface area contributed by atoms with Crippen LogP contribution < -0.4 is 10.7 Å². The fourth-order valence-electron chi connectivity index (χ4n) is 9.62. The number of likely N-dealkylation sites (N-methyl/N-ethyl adjacent to an activating group) is 1. The van der Waals surface area contributed by atoms with Crippen molar-refractivity contribution in [3.05, 3.63) is 71.5 Å². The number of methoxy groups -OCH3 is 1. The second-order valence-corrected chi connectivity index (χ2v) is 18.4. The number of cyclic esters (lactones) is 1. The number of pyridine rings is 1. The number of phenolic OH excluding ortho intramolecular Hbond substituents is 1. The number of carbonyl (C=O) groups excluding carboxylic acids is 5. The molecule has 15 nitrogen and oxygen atoms in total. The summed E-state index contributed by atoms with van der Waals surface area (Å²) >= 11 is 0. The van der Waals surface area contributed by atoms with E-state index in [1.807, 2.05) is 38.2 Å². The lowest BCUT2D eigenvalue weighted by Gasteiger charge is -2.37. The van der Waals surface area contributed by atoms with Crippen LogP contribution in [-0.2, 0) is 59.4 Å². The summed E-state index contributed by atoms with van der Waals surface area (Å²) in [5, 5.41) is 16.6. The van der Waals surface area contributed by atoms with Gasteiger partial charge in [0, 0.05) is 81.0 Å². The SMILES string of the molecule is CCn1c(-c2cnccc2COC)c2c3cc(ccc31)-c1cc(O)cc(c1)C[C@H](NC(=O)C(C(C)C)N(C)C(=O)[C@H]1CCN(C=O)C1)C(=O)N1CCC[C@H](N1)C(=O)OCC(C)(C)C2. The summed E-state index contributed by atoms with van der Waals surface area (Å²) < 4.78 is 14.0. The monoisotopic (exact) mass is 863 g/mol. The van der Waals surface area contributed by atoms with Crippen molar-refractivity contribution in [2.45, 2.75) is 98.0 Å². The highest BCUT2D eigenvalue weighted by Crippen LogP contribution is 2.41. The van der Waals surface area contributed by atoms with Gasteiger partial charge in [0.15, 0.2) is 0 Å². The van der Waals surface area contributed by atoms with Crippen molar-refractivity contribution in [2.24, 2.45) is 17.3 Å². The summed E-state index contributed by atoms with van der Waals surface area (Å²) in [6.45, 7) is 12.1.